The predicted octanol–water partition coefficient (Wildman–Crippen LogP) is 2.33. The molecular formula is C16H17F3N2O2. The molecule has 1 heterocycles. The normalized spacial score (nSPS) is 22.7. The maximum atomic E-state index is 12.6. The number of carbonyl (C=O) groups is 2. The van der Waals surface area contributed by atoms with Crippen LogP contribution in [0.5, 0.6) is 0 Å². The Morgan fingerprint density at radius 3 is 2.30 bits per heavy atom. The Labute approximate surface area is 131 Å². The van der Waals surface area contributed by atoms with E-state index in [4.69, 9.17) is 0 Å². The number of alkyl halides is 3. The molecule has 2 fully saturated rings. The largest absolute Gasteiger partial charge is 0.416 e. The van der Waals surface area contributed by atoms with Crippen LogP contribution in [0.3, 0.4) is 0 Å². The van der Waals surface area contributed by atoms with E-state index in [2.05, 4.69) is 5.32 Å². The summed E-state index contributed by atoms with van der Waals surface area (Å²) in [4.78, 5) is 25.8. The summed E-state index contributed by atoms with van der Waals surface area (Å²) in [5, 5.41) is 2.60. The van der Waals surface area contributed by atoms with Crippen molar-refractivity contribution in [1.82, 2.24) is 10.2 Å². The Morgan fingerprint density at radius 2 is 1.78 bits per heavy atom. The van der Waals surface area contributed by atoms with Gasteiger partial charge in [0.05, 0.1) is 12.1 Å². The van der Waals surface area contributed by atoms with Crippen molar-refractivity contribution in [3.63, 3.8) is 0 Å². The van der Waals surface area contributed by atoms with Crippen molar-refractivity contribution >= 4 is 11.8 Å². The van der Waals surface area contributed by atoms with Gasteiger partial charge >= 0.3 is 6.18 Å². The summed E-state index contributed by atoms with van der Waals surface area (Å²) in [5.41, 5.74) is -0.134. The summed E-state index contributed by atoms with van der Waals surface area (Å²) in [6.45, 7) is 0.105. The summed E-state index contributed by atoms with van der Waals surface area (Å²) in [6.07, 6.45) is -1.55. The smallest absolute Gasteiger partial charge is 0.345 e. The number of benzene rings is 1. The summed E-state index contributed by atoms with van der Waals surface area (Å²) < 4.78 is 37.8. The number of carbonyl (C=O) groups excluding carboxylic acids is 2. The molecule has 1 N–H and O–H groups in total. The minimum atomic E-state index is -4.38. The number of rotatable bonds is 3. The summed E-state index contributed by atoms with van der Waals surface area (Å²) in [5.74, 6) is -0.212. The van der Waals surface area contributed by atoms with Crippen molar-refractivity contribution in [2.24, 2.45) is 5.92 Å². The van der Waals surface area contributed by atoms with Gasteiger partial charge in [-0.2, -0.15) is 13.2 Å². The van der Waals surface area contributed by atoms with Gasteiger partial charge in [-0.25, -0.2) is 0 Å². The van der Waals surface area contributed by atoms with Crippen LogP contribution >= 0.6 is 0 Å². The van der Waals surface area contributed by atoms with E-state index >= 15 is 0 Å². The number of nitrogens with zero attached hydrogens (tertiary/aromatic N) is 1. The first-order valence-electron chi connectivity index (χ1n) is 7.59. The zero-order valence-electron chi connectivity index (χ0n) is 12.4. The number of amides is 2. The maximum Gasteiger partial charge on any atom is 0.416 e. The average Bonchev–Trinajstić information content (AvgIpc) is 2.44. The third kappa shape index (κ3) is 3.18. The Balaban J connectivity index is 1.78. The van der Waals surface area contributed by atoms with Crippen LogP contribution in [0.1, 0.15) is 30.4 Å². The second-order valence-electron chi connectivity index (χ2n) is 6.07. The van der Waals surface area contributed by atoms with Gasteiger partial charge in [0.1, 0.15) is 6.04 Å². The Kier molecular flexibility index (Phi) is 4.04. The van der Waals surface area contributed by atoms with E-state index in [0.29, 0.717) is 5.56 Å². The predicted molar refractivity (Wildman–Crippen MR) is 76.1 cm³/mol. The van der Waals surface area contributed by atoms with E-state index < -0.39 is 17.8 Å². The summed E-state index contributed by atoms with van der Waals surface area (Å²) in [7, 11) is 0. The first-order valence-corrected chi connectivity index (χ1v) is 7.59. The molecule has 23 heavy (non-hydrogen) atoms. The molecule has 1 unspecified atom stereocenters. The molecule has 4 nitrogen and oxygen atoms in total. The van der Waals surface area contributed by atoms with Crippen LogP contribution in [-0.2, 0) is 22.3 Å². The van der Waals surface area contributed by atoms with Crippen molar-refractivity contribution in [1.29, 1.82) is 0 Å². The number of halogens is 3. The zero-order valence-corrected chi connectivity index (χ0v) is 12.4. The first kappa shape index (κ1) is 15.8. The molecule has 0 radical (unpaired) electrons. The molecule has 0 aromatic heterocycles. The van der Waals surface area contributed by atoms with Crippen LogP contribution in [0.25, 0.3) is 0 Å². The highest BCUT2D eigenvalue weighted by Gasteiger charge is 2.42. The van der Waals surface area contributed by atoms with Crippen LogP contribution in [0.2, 0.25) is 0 Å². The molecule has 1 atom stereocenters. The van der Waals surface area contributed by atoms with Crippen LogP contribution in [0.15, 0.2) is 24.3 Å². The quantitative estimate of drug-likeness (QED) is 0.927. The molecule has 0 bridgehead atoms. The molecule has 0 spiro atoms. The van der Waals surface area contributed by atoms with Crippen molar-refractivity contribution in [3.8, 4) is 0 Å². The van der Waals surface area contributed by atoms with Gasteiger partial charge in [-0.05, 0) is 36.5 Å². The van der Waals surface area contributed by atoms with Crippen LogP contribution < -0.4 is 5.32 Å². The molecule has 3 rings (SSSR count). The third-order valence-corrected chi connectivity index (χ3v) is 4.57. The summed E-state index contributed by atoms with van der Waals surface area (Å²) in [6, 6.07) is 4.22. The monoisotopic (exact) mass is 326 g/mol. The third-order valence-electron chi connectivity index (χ3n) is 4.57. The SMILES string of the molecule is O=C1NCC(=O)N(Cc2ccc(C(F)(F)F)cc2)C1C1CCC1. The van der Waals surface area contributed by atoms with E-state index in [9.17, 15) is 22.8 Å². The van der Waals surface area contributed by atoms with E-state index in [1.807, 2.05) is 0 Å². The van der Waals surface area contributed by atoms with Crippen LogP contribution in [0.4, 0.5) is 13.2 Å². The van der Waals surface area contributed by atoms with E-state index in [1.165, 1.54) is 17.0 Å². The fourth-order valence-electron chi connectivity index (χ4n) is 3.07. The lowest BCUT2D eigenvalue weighted by Crippen LogP contribution is -2.61. The molecule has 2 aliphatic rings. The molecule has 1 saturated heterocycles. The number of piperazine rings is 1. The Hall–Kier alpha value is -2.05. The van der Waals surface area contributed by atoms with Crippen molar-refractivity contribution < 1.29 is 22.8 Å². The van der Waals surface area contributed by atoms with Gasteiger partial charge in [-0.1, -0.05) is 18.6 Å². The van der Waals surface area contributed by atoms with Crippen LogP contribution in [-0.4, -0.2) is 29.3 Å². The van der Waals surface area contributed by atoms with Crippen molar-refractivity contribution in [2.75, 3.05) is 6.54 Å². The van der Waals surface area contributed by atoms with Gasteiger partial charge in [0.15, 0.2) is 0 Å². The molecule has 1 aliphatic carbocycles. The first-order chi connectivity index (χ1) is 10.9. The fraction of sp³-hybridized carbons (Fsp3) is 0.500. The van der Waals surface area contributed by atoms with Gasteiger partial charge in [0.25, 0.3) is 0 Å². The molecule has 2 amide bonds. The molecule has 1 aromatic rings. The van der Waals surface area contributed by atoms with Crippen molar-refractivity contribution in [2.45, 2.75) is 38.0 Å². The zero-order chi connectivity index (χ0) is 16.6. The fourth-order valence-corrected chi connectivity index (χ4v) is 3.07. The second kappa shape index (κ2) is 5.86. The second-order valence-corrected chi connectivity index (χ2v) is 6.07. The lowest BCUT2D eigenvalue weighted by Gasteiger charge is -2.42. The highest BCUT2D eigenvalue weighted by Crippen LogP contribution is 2.34. The molecule has 1 aromatic carbocycles. The number of hydrogen-bond acceptors (Lipinski definition) is 2. The van der Waals surface area contributed by atoms with Gasteiger partial charge in [-0.15, -0.1) is 0 Å². The molecule has 124 valence electrons. The number of hydrogen-bond donors (Lipinski definition) is 1. The highest BCUT2D eigenvalue weighted by molar-refractivity contribution is 5.95. The minimum Gasteiger partial charge on any atom is -0.345 e. The van der Waals surface area contributed by atoms with Gasteiger partial charge < -0.3 is 10.2 Å². The standard InChI is InChI=1S/C16H17F3N2O2/c17-16(18,19)12-6-4-10(5-7-12)9-21-13(22)8-20-15(23)14(21)11-2-1-3-11/h4-7,11,14H,1-3,8-9H2,(H,20,23). The minimum absolute atomic E-state index is 0.0529. The van der Waals surface area contributed by atoms with Gasteiger partial charge in [-0.3, -0.25) is 9.59 Å². The molecule has 7 heteroatoms. The lowest BCUT2D eigenvalue weighted by atomic mass is 9.78. The molecule has 1 saturated carbocycles. The summed E-state index contributed by atoms with van der Waals surface area (Å²) >= 11 is 0. The molecule has 1 aliphatic heterocycles. The highest BCUT2D eigenvalue weighted by atomic mass is 19.4. The van der Waals surface area contributed by atoms with E-state index in [1.54, 1.807) is 0 Å². The van der Waals surface area contributed by atoms with E-state index in [0.717, 1.165) is 31.4 Å². The van der Waals surface area contributed by atoms with E-state index in [-0.39, 0.29) is 30.8 Å². The van der Waals surface area contributed by atoms with Crippen molar-refractivity contribution in [3.05, 3.63) is 35.4 Å². The topological polar surface area (TPSA) is 49.4 Å². The van der Waals surface area contributed by atoms with Gasteiger partial charge in [0.2, 0.25) is 11.8 Å². The Morgan fingerprint density at radius 1 is 1.13 bits per heavy atom. The lowest BCUT2D eigenvalue weighted by molar-refractivity contribution is -0.150. The van der Waals surface area contributed by atoms with Gasteiger partial charge in [0, 0.05) is 6.54 Å². The number of nitrogens with one attached hydrogen (secondary N) is 1. The van der Waals surface area contributed by atoms with Crippen LogP contribution in [0, 0.1) is 5.92 Å². The maximum absolute atomic E-state index is 12.6. The average molecular weight is 326 g/mol. The Bertz CT molecular complexity index is 609. The molecular weight excluding hydrogens is 309 g/mol.